The topological polar surface area (TPSA) is 74.8 Å². The number of hydrogen-bond donors (Lipinski definition) is 3. The van der Waals surface area contributed by atoms with Gasteiger partial charge in [0.05, 0.1) is 12.6 Å². The lowest BCUT2D eigenvalue weighted by Crippen LogP contribution is -2.44. The molecule has 3 N–H and O–H groups in total. The molecule has 0 saturated carbocycles. The van der Waals surface area contributed by atoms with E-state index in [0.29, 0.717) is 12.6 Å². The highest BCUT2D eigenvalue weighted by molar-refractivity contribution is 14.0. The molecule has 0 spiro atoms. The van der Waals surface area contributed by atoms with Crippen LogP contribution in [0.4, 0.5) is 4.79 Å². The van der Waals surface area contributed by atoms with E-state index in [9.17, 15) is 4.79 Å². The summed E-state index contributed by atoms with van der Waals surface area (Å²) in [6.07, 6.45) is 1.46. The van der Waals surface area contributed by atoms with Crippen molar-refractivity contribution in [1.82, 2.24) is 16.0 Å². The number of nitrogens with one attached hydrogen (secondary N) is 3. The Morgan fingerprint density at radius 3 is 2.22 bits per heavy atom. The number of hydrogen-bond acceptors (Lipinski definition) is 3. The first kappa shape index (κ1) is 24.5. The van der Waals surface area contributed by atoms with Crippen LogP contribution in [0.25, 0.3) is 0 Å². The van der Waals surface area contributed by atoms with Crippen LogP contribution in [0.15, 0.2) is 4.99 Å². The molecule has 0 aromatic carbocycles. The molecule has 0 saturated heterocycles. The molecule has 1 amide bonds. The zero-order valence-electron chi connectivity index (χ0n) is 15.7. The lowest BCUT2D eigenvalue weighted by atomic mass is 10.1. The molecular formula is C16H35IN4O2. The third-order valence-electron chi connectivity index (χ3n) is 2.60. The van der Waals surface area contributed by atoms with Crippen LogP contribution >= 0.6 is 24.0 Å². The second-order valence-corrected chi connectivity index (χ2v) is 6.65. The molecule has 0 rings (SSSR count). The predicted octanol–water partition coefficient (Wildman–Crippen LogP) is 3.26. The molecule has 7 heteroatoms. The van der Waals surface area contributed by atoms with Crippen molar-refractivity contribution < 1.29 is 9.53 Å². The minimum atomic E-state index is -0.488. The van der Waals surface area contributed by atoms with Gasteiger partial charge in [0.15, 0.2) is 5.96 Å². The Balaban J connectivity index is 0. The van der Waals surface area contributed by atoms with E-state index in [1.807, 2.05) is 27.7 Å². The lowest BCUT2D eigenvalue weighted by Gasteiger charge is -2.23. The highest BCUT2D eigenvalue weighted by Gasteiger charge is 2.19. The highest BCUT2D eigenvalue weighted by atomic mass is 127. The number of nitrogens with zero attached hydrogens (tertiary/aromatic N) is 1. The average Bonchev–Trinajstić information content (AvgIpc) is 2.33. The van der Waals surface area contributed by atoms with Gasteiger partial charge < -0.3 is 20.7 Å². The van der Waals surface area contributed by atoms with Gasteiger partial charge in [-0.3, -0.25) is 4.99 Å². The van der Waals surface area contributed by atoms with Crippen molar-refractivity contribution in [2.24, 2.45) is 4.99 Å². The molecule has 0 radical (unpaired) electrons. The minimum absolute atomic E-state index is 0. The fourth-order valence-corrected chi connectivity index (χ4v) is 1.83. The number of carbonyl (C=O) groups excluding carboxylic acids is 1. The molecule has 0 aromatic rings. The van der Waals surface area contributed by atoms with E-state index in [0.717, 1.165) is 25.3 Å². The Morgan fingerprint density at radius 1 is 1.17 bits per heavy atom. The third-order valence-corrected chi connectivity index (χ3v) is 2.60. The van der Waals surface area contributed by atoms with Gasteiger partial charge in [-0.15, -0.1) is 24.0 Å². The first-order chi connectivity index (χ1) is 10.2. The van der Waals surface area contributed by atoms with Gasteiger partial charge in [-0.25, -0.2) is 4.79 Å². The molecule has 0 aliphatic carbocycles. The normalized spacial score (nSPS) is 13.1. The maximum atomic E-state index is 11.9. The fraction of sp³-hybridized carbons (Fsp3) is 0.875. The highest BCUT2D eigenvalue weighted by Crippen LogP contribution is 2.07. The van der Waals surface area contributed by atoms with Crippen molar-refractivity contribution in [2.75, 3.05) is 13.1 Å². The van der Waals surface area contributed by atoms with Gasteiger partial charge in [0.25, 0.3) is 0 Å². The number of halogens is 1. The Kier molecular flexibility index (Phi) is 13.5. The third kappa shape index (κ3) is 14.6. The summed E-state index contributed by atoms with van der Waals surface area (Å²) in [5, 5.41) is 9.36. The van der Waals surface area contributed by atoms with Gasteiger partial charge in [-0.2, -0.15) is 0 Å². The summed E-state index contributed by atoms with van der Waals surface area (Å²) >= 11 is 0. The predicted molar refractivity (Wildman–Crippen MR) is 108 cm³/mol. The zero-order chi connectivity index (χ0) is 17.2. The van der Waals surface area contributed by atoms with Gasteiger partial charge in [-0.05, 0) is 48.0 Å². The van der Waals surface area contributed by atoms with Crippen LogP contribution in [0.2, 0.25) is 0 Å². The molecule has 6 nitrogen and oxygen atoms in total. The van der Waals surface area contributed by atoms with Crippen molar-refractivity contribution in [3.05, 3.63) is 0 Å². The summed E-state index contributed by atoms with van der Waals surface area (Å²) in [6, 6.07) is 0.281. The molecular weight excluding hydrogens is 407 g/mol. The number of carbonyl (C=O) groups is 1. The van der Waals surface area contributed by atoms with Crippen molar-refractivity contribution in [2.45, 2.75) is 79.0 Å². The fourth-order valence-electron chi connectivity index (χ4n) is 1.83. The van der Waals surface area contributed by atoms with Crippen LogP contribution in [0.1, 0.15) is 61.3 Å². The van der Waals surface area contributed by atoms with E-state index in [1.165, 1.54) is 0 Å². The van der Waals surface area contributed by atoms with Gasteiger partial charge in [0.2, 0.25) is 0 Å². The Bertz CT molecular complexity index is 354. The molecule has 0 aliphatic rings. The monoisotopic (exact) mass is 442 g/mol. The van der Waals surface area contributed by atoms with Gasteiger partial charge >= 0.3 is 6.09 Å². The van der Waals surface area contributed by atoms with E-state index in [2.05, 4.69) is 41.7 Å². The number of ether oxygens (including phenoxy) is 1. The summed E-state index contributed by atoms with van der Waals surface area (Å²) in [4.78, 5) is 16.4. The van der Waals surface area contributed by atoms with E-state index < -0.39 is 5.60 Å². The number of aliphatic imine (C=N–C) groups is 1. The largest absolute Gasteiger partial charge is 0.444 e. The first-order valence-electron chi connectivity index (χ1n) is 8.22. The molecule has 0 aliphatic heterocycles. The Morgan fingerprint density at radius 2 is 1.78 bits per heavy atom. The lowest BCUT2D eigenvalue weighted by molar-refractivity contribution is 0.0503. The van der Waals surface area contributed by atoms with Crippen molar-refractivity contribution in [3.63, 3.8) is 0 Å². The van der Waals surface area contributed by atoms with Crippen molar-refractivity contribution >= 4 is 36.0 Å². The smallest absolute Gasteiger partial charge is 0.407 e. The Hall–Kier alpha value is -0.730. The van der Waals surface area contributed by atoms with Gasteiger partial charge in [0, 0.05) is 12.6 Å². The minimum Gasteiger partial charge on any atom is -0.444 e. The average molecular weight is 442 g/mol. The SMILES string of the molecule is CCCC(CN=C(NCC)NC(C)C)NC(=O)OC(C)(C)C.I. The van der Waals surface area contributed by atoms with Crippen LogP contribution < -0.4 is 16.0 Å². The van der Waals surface area contributed by atoms with E-state index in [-0.39, 0.29) is 36.1 Å². The molecule has 1 unspecified atom stereocenters. The first-order valence-corrected chi connectivity index (χ1v) is 8.22. The maximum absolute atomic E-state index is 11.9. The standard InChI is InChI=1S/C16H34N4O2.HI/c1-8-10-13(20-15(21)22-16(5,6)7)11-18-14(17-9-2)19-12(3)4;/h12-13H,8-11H2,1-7H3,(H,20,21)(H2,17,18,19);1H. The molecule has 1 atom stereocenters. The summed E-state index contributed by atoms with van der Waals surface area (Å²) in [5.41, 5.74) is -0.488. The summed E-state index contributed by atoms with van der Waals surface area (Å²) in [5.74, 6) is 0.768. The Labute approximate surface area is 158 Å². The van der Waals surface area contributed by atoms with Gasteiger partial charge in [0.1, 0.15) is 5.60 Å². The molecule has 0 aromatic heterocycles. The van der Waals surface area contributed by atoms with Crippen LogP contribution in [0, 0.1) is 0 Å². The molecule has 0 fully saturated rings. The number of guanidine groups is 1. The molecule has 0 heterocycles. The second-order valence-electron chi connectivity index (χ2n) is 6.65. The summed E-state index contributed by atoms with van der Waals surface area (Å²) in [7, 11) is 0. The van der Waals surface area contributed by atoms with Crippen molar-refractivity contribution in [1.29, 1.82) is 0 Å². The number of amides is 1. The van der Waals surface area contributed by atoms with E-state index >= 15 is 0 Å². The van der Waals surface area contributed by atoms with E-state index in [1.54, 1.807) is 0 Å². The second kappa shape index (κ2) is 12.7. The summed E-state index contributed by atoms with van der Waals surface area (Å²) in [6.45, 7) is 15.1. The molecule has 0 bridgehead atoms. The van der Waals surface area contributed by atoms with Crippen LogP contribution in [-0.2, 0) is 4.74 Å². The summed E-state index contributed by atoms with van der Waals surface area (Å²) < 4.78 is 5.30. The molecule has 138 valence electrons. The quantitative estimate of drug-likeness (QED) is 0.322. The zero-order valence-corrected chi connectivity index (χ0v) is 18.0. The van der Waals surface area contributed by atoms with Crippen LogP contribution in [0.3, 0.4) is 0 Å². The number of rotatable bonds is 7. The van der Waals surface area contributed by atoms with Crippen molar-refractivity contribution in [3.8, 4) is 0 Å². The van der Waals surface area contributed by atoms with E-state index in [4.69, 9.17) is 4.74 Å². The van der Waals surface area contributed by atoms with Crippen LogP contribution in [0.5, 0.6) is 0 Å². The maximum Gasteiger partial charge on any atom is 0.407 e. The number of alkyl carbamates (subject to hydrolysis) is 1. The van der Waals surface area contributed by atoms with Gasteiger partial charge in [-0.1, -0.05) is 13.3 Å². The molecule has 23 heavy (non-hydrogen) atoms. The van der Waals surface area contributed by atoms with Crippen LogP contribution in [-0.4, -0.2) is 42.8 Å².